The van der Waals surface area contributed by atoms with E-state index in [0.717, 1.165) is 0 Å². The monoisotopic (exact) mass is 511 g/mol. The fourth-order valence-corrected chi connectivity index (χ4v) is 5.96. The van der Waals surface area contributed by atoms with Gasteiger partial charge in [-0.15, -0.1) is 0 Å². The summed E-state index contributed by atoms with van der Waals surface area (Å²) in [5.41, 5.74) is -2.20. The van der Waals surface area contributed by atoms with E-state index < -0.39 is 53.0 Å². The Labute approximate surface area is 208 Å². The van der Waals surface area contributed by atoms with E-state index in [2.05, 4.69) is 25.8 Å². The molecule has 1 aromatic rings. The van der Waals surface area contributed by atoms with Crippen LogP contribution in [0.3, 0.4) is 0 Å². The van der Waals surface area contributed by atoms with E-state index in [4.69, 9.17) is 14.2 Å². The van der Waals surface area contributed by atoms with Gasteiger partial charge in [0.2, 0.25) is 5.91 Å². The molecular formula is C22H33N5O7S. The maximum absolute atomic E-state index is 13.3. The standard InChI is InChI=1S/C22H33N5O7S/c1-7-32-17(29)14-13-12(35-19-23-10-24-27-19)9-22(15(13)14,18(30)33-8-2)26-16(28)11(3)25-20(31)34-21(4,5)6/h10-15H,7-9H2,1-6H3,(H,25,31)(H,26,28)(H,23,24,27). The number of fused-ring (bicyclic) bond motifs is 1. The third-order valence-corrected chi connectivity index (χ3v) is 7.13. The van der Waals surface area contributed by atoms with Crippen LogP contribution in [0.1, 0.15) is 48.0 Å². The van der Waals surface area contributed by atoms with Crippen LogP contribution in [0.15, 0.2) is 11.5 Å². The van der Waals surface area contributed by atoms with Gasteiger partial charge in [0.15, 0.2) is 5.16 Å². The third kappa shape index (κ3) is 5.88. The zero-order valence-corrected chi connectivity index (χ0v) is 21.6. The fraction of sp³-hybridized carbons (Fsp3) is 0.727. The van der Waals surface area contributed by atoms with E-state index >= 15 is 0 Å². The van der Waals surface area contributed by atoms with Gasteiger partial charge < -0.3 is 24.8 Å². The number of aromatic amines is 1. The molecule has 0 spiro atoms. The van der Waals surface area contributed by atoms with Gasteiger partial charge in [-0.05, 0) is 53.9 Å². The SMILES string of the molecule is CCOC(=O)C1C2C(Sc3ncn[nH]3)CC(NC(=O)C(C)NC(=O)OC(C)(C)C)(C(=O)OCC)C12. The number of carbonyl (C=O) groups is 4. The number of aromatic nitrogens is 3. The fourth-order valence-electron chi connectivity index (χ4n) is 4.62. The quantitative estimate of drug-likeness (QED) is 0.327. The second-order valence-corrected chi connectivity index (χ2v) is 10.8. The molecule has 3 rings (SSSR count). The maximum atomic E-state index is 13.3. The highest BCUT2D eigenvalue weighted by molar-refractivity contribution is 7.99. The first kappa shape index (κ1) is 26.8. The van der Waals surface area contributed by atoms with Crippen molar-refractivity contribution < 1.29 is 33.4 Å². The molecule has 2 saturated carbocycles. The number of amides is 2. The van der Waals surface area contributed by atoms with Crippen molar-refractivity contribution in [3.63, 3.8) is 0 Å². The number of thioether (sulfide) groups is 1. The lowest BCUT2D eigenvalue weighted by Crippen LogP contribution is -2.61. The number of hydrogen-bond acceptors (Lipinski definition) is 10. The lowest BCUT2D eigenvalue weighted by atomic mass is 9.89. The van der Waals surface area contributed by atoms with Crippen LogP contribution in [0, 0.1) is 17.8 Å². The van der Waals surface area contributed by atoms with Gasteiger partial charge in [-0.25, -0.2) is 14.6 Å². The molecular weight excluding hydrogens is 478 g/mol. The molecule has 13 heteroatoms. The van der Waals surface area contributed by atoms with E-state index in [-0.39, 0.29) is 30.8 Å². The van der Waals surface area contributed by atoms with Crippen molar-refractivity contribution in [2.24, 2.45) is 17.8 Å². The van der Waals surface area contributed by atoms with E-state index in [9.17, 15) is 19.2 Å². The molecule has 2 aliphatic rings. The zero-order chi connectivity index (χ0) is 26.0. The number of alkyl carbamates (subject to hydrolysis) is 1. The van der Waals surface area contributed by atoms with Gasteiger partial charge in [-0.2, -0.15) is 5.10 Å². The Morgan fingerprint density at radius 1 is 1.23 bits per heavy atom. The summed E-state index contributed by atoms with van der Waals surface area (Å²) in [7, 11) is 0. The number of nitrogens with one attached hydrogen (secondary N) is 3. The average Bonchev–Trinajstić information content (AvgIpc) is 3.14. The Bertz CT molecular complexity index is 950. The largest absolute Gasteiger partial charge is 0.466 e. The predicted molar refractivity (Wildman–Crippen MR) is 124 cm³/mol. The third-order valence-electron chi connectivity index (χ3n) is 5.92. The van der Waals surface area contributed by atoms with Crippen LogP contribution in [0.5, 0.6) is 0 Å². The van der Waals surface area contributed by atoms with E-state index in [1.807, 2.05) is 0 Å². The first-order valence-corrected chi connectivity index (χ1v) is 12.5. The maximum Gasteiger partial charge on any atom is 0.408 e. The average molecular weight is 512 g/mol. The Balaban J connectivity index is 1.85. The normalized spacial score (nSPS) is 27.8. The smallest absolute Gasteiger partial charge is 0.408 e. The van der Waals surface area contributed by atoms with Gasteiger partial charge in [0.05, 0.1) is 19.1 Å². The lowest BCUT2D eigenvalue weighted by molar-refractivity contribution is -0.155. The summed E-state index contributed by atoms with van der Waals surface area (Å²) in [6.07, 6.45) is 0.826. The first-order chi connectivity index (χ1) is 16.4. The van der Waals surface area contributed by atoms with Crippen molar-refractivity contribution >= 4 is 35.7 Å². The number of nitrogens with zero attached hydrogens (tertiary/aromatic N) is 2. The molecule has 2 amide bonds. The van der Waals surface area contributed by atoms with Crippen LogP contribution in [-0.2, 0) is 28.6 Å². The molecule has 0 bridgehead atoms. The number of rotatable bonds is 9. The summed E-state index contributed by atoms with van der Waals surface area (Å²) in [5.74, 6) is -2.97. The molecule has 6 atom stereocenters. The van der Waals surface area contributed by atoms with Crippen LogP contribution < -0.4 is 10.6 Å². The molecule has 12 nitrogen and oxygen atoms in total. The van der Waals surface area contributed by atoms with E-state index in [0.29, 0.717) is 5.16 Å². The molecule has 3 N–H and O–H groups in total. The highest BCUT2D eigenvalue weighted by Crippen LogP contribution is 2.66. The van der Waals surface area contributed by atoms with Crippen molar-refractivity contribution in [2.75, 3.05) is 13.2 Å². The predicted octanol–water partition coefficient (Wildman–Crippen LogP) is 1.43. The molecule has 1 aromatic heterocycles. The van der Waals surface area contributed by atoms with Gasteiger partial charge in [0.25, 0.3) is 0 Å². The molecule has 1 heterocycles. The zero-order valence-electron chi connectivity index (χ0n) is 20.7. The van der Waals surface area contributed by atoms with Crippen molar-refractivity contribution in [1.29, 1.82) is 0 Å². The Morgan fingerprint density at radius 3 is 2.49 bits per heavy atom. The molecule has 194 valence electrons. The number of H-pyrrole nitrogens is 1. The van der Waals surface area contributed by atoms with Crippen molar-refractivity contribution in [3.05, 3.63) is 6.33 Å². The molecule has 0 aromatic carbocycles. The molecule has 0 aliphatic heterocycles. The van der Waals surface area contributed by atoms with Crippen molar-refractivity contribution in [3.8, 4) is 0 Å². The summed E-state index contributed by atoms with van der Waals surface area (Å²) in [4.78, 5) is 55.5. The highest BCUT2D eigenvalue weighted by atomic mass is 32.2. The topological polar surface area (TPSA) is 162 Å². The van der Waals surface area contributed by atoms with Crippen LogP contribution in [0.25, 0.3) is 0 Å². The van der Waals surface area contributed by atoms with Crippen molar-refractivity contribution in [2.45, 2.75) is 75.6 Å². The summed E-state index contributed by atoms with van der Waals surface area (Å²) in [5, 5.41) is 12.2. The lowest BCUT2D eigenvalue weighted by Gasteiger charge is -2.33. The van der Waals surface area contributed by atoms with Crippen LogP contribution in [0.4, 0.5) is 4.79 Å². The first-order valence-electron chi connectivity index (χ1n) is 11.6. The summed E-state index contributed by atoms with van der Waals surface area (Å²) >= 11 is 1.35. The van der Waals surface area contributed by atoms with Gasteiger partial charge in [-0.3, -0.25) is 14.7 Å². The van der Waals surface area contributed by atoms with Gasteiger partial charge >= 0.3 is 18.0 Å². The number of ether oxygens (including phenoxy) is 3. The summed E-state index contributed by atoms with van der Waals surface area (Å²) in [6, 6.07) is -1.00. The van der Waals surface area contributed by atoms with Crippen LogP contribution >= 0.6 is 11.8 Å². The van der Waals surface area contributed by atoms with E-state index in [1.165, 1.54) is 25.0 Å². The Kier molecular flexibility index (Phi) is 7.97. The van der Waals surface area contributed by atoms with Crippen LogP contribution in [0.2, 0.25) is 0 Å². The minimum absolute atomic E-state index is 0.101. The Hall–Kier alpha value is -2.83. The number of esters is 2. The molecule has 2 fully saturated rings. The summed E-state index contributed by atoms with van der Waals surface area (Å²) in [6.45, 7) is 10.3. The van der Waals surface area contributed by atoms with E-state index in [1.54, 1.807) is 34.6 Å². The molecule has 6 unspecified atom stereocenters. The molecule has 35 heavy (non-hydrogen) atoms. The van der Waals surface area contributed by atoms with Gasteiger partial charge in [-0.1, -0.05) is 11.8 Å². The number of carbonyl (C=O) groups excluding carboxylic acids is 4. The highest BCUT2D eigenvalue weighted by Gasteiger charge is 2.76. The van der Waals surface area contributed by atoms with Gasteiger partial charge in [0.1, 0.15) is 23.5 Å². The minimum atomic E-state index is -1.46. The second-order valence-electron chi connectivity index (χ2n) is 9.58. The van der Waals surface area contributed by atoms with Crippen LogP contribution in [-0.4, -0.2) is 74.8 Å². The minimum Gasteiger partial charge on any atom is -0.466 e. The molecule has 0 saturated heterocycles. The van der Waals surface area contributed by atoms with Crippen molar-refractivity contribution in [1.82, 2.24) is 25.8 Å². The summed E-state index contributed by atoms with van der Waals surface area (Å²) < 4.78 is 15.8. The number of hydrogen-bond donors (Lipinski definition) is 3. The second kappa shape index (κ2) is 10.4. The Morgan fingerprint density at radius 2 is 1.91 bits per heavy atom. The molecule has 0 radical (unpaired) electrons. The molecule has 2 aliphatic carbocycles. The van der Waals surface area contributed by atoms with Gasteiger partial charge in [0, 0.05) is 11.2 Å².